The van der Waals surface area contributed by atoms with Crippen molar-refractivity contribution < 1.29 is 34.8 Å². The van der Waals surface area contributed by atoms with Crippen LogP contribution in [-0.4, -0.2) is 74.3 Å². The van der Waals surface area contributed by atoms with Crippen molar-refractivity contribution in [3.63, 3.8) is 0 Å². The molecular formula is C13H23N3O7. The standard InChI is InChI=1S/C13H23N3O7/c1-5(17)9(16-7(3)18)11-10(15-6(2)14)8(19)4-13(22,23-11)12(20)21/h5,8-11,17,19,22H,4H2,1-3H3,(H2,14,15)(H,16,18)(H,20,21)/t5-,8-,9-,10-,11-,13-/m0/s1. The first-order valence-electron chi connectivity index (χ1n) is 7.04. The minimum absolute atomic E-state index is 0.0931. The quantitative estimate of drug-likeness (QED) is 0.237. The van der Waals surface area contributed by atoms with Gasteiger partial charge in [0.25, 0.3) is 5.79 Å². The number of aliphatic imine (C=N–C) groups is 1. The Labute approximate surface area is 133 Å². The number of amides is 1. The van der Waals surface area contributed by atoms with Gasteiger partial charge in [-0.1, -0.05) is 0 Å². The van der Waals surface area contributed by atoms with E-state index in [2.05, 4.69) is 10.3 Å². The first-order valence-corrected chi connectivity index (χ1v) is 7.04. The molecule has 0 saturated carbocycles. The molecule has 23 heavy (non-hydrogen) atoms. The van der Waals surface area contributed by atoms with Crippen molar-refractivity contribution in [2.75, 3.05) is 0 Å². The molecule has 1 fully saturated rings. The Kier molecular flexibility index (Phi) is 6.05. The molecule has 0 aliphatic carbocycles. The summed E-state index contributed by atoms with van der Waals surface area (Å²) in [5.74, 6) is -4.77. The first-order chi connectivity index (χ1) is 10.5. The summed E-state index contributed by atoms with van der Waals surface area (Å²) in [6.45, 7) is 4.00. The Balaban J connectivity index is 3.27. The van der Waals surface area contributed by atoms with Crippen LogP contribution in [0.25, 0.3) is 0 Å². The number of aliphatic hydroxyl groups is 3. The number of nitrogens with one attached hydrogen (secondary N) is 1. The topological polar surface area (TPSA) is 175 Å². The third-order valence-electron chi connectivity index (χ3n) is 3.48. The van der Waals surface area contributed by atoms with E-state index in [1.807, 2.05) is 0 Å². The molecule has 132 valence electrons. The minimum Gasteiger partial charge on any atom is -0.477 e. The fourth-order valence-corrected chi connectivity index (χ4v) is 2.50. The van der Waals surface area contributed by atoms with Gasteiger partial charge in [-0.15, -0.1) is 0 Å². The first kappa shape index (κ1) is 19.3. The molecule has 10 heteroatoms. The van der Waals surface area contributed by atoms with Gasteiger partial charge in [0.05, 0.1) is 24.1 Å². The fraction of sp³-hybridized carbons (Fsp3) is 0.769. The van der Waals surface area contributed by atoms with Crippen molar-refractivity contribution in [3.05, 3.63) is 0 Å². The second-order valence-electron chi connectivity index (χ2n) is 5.67. The third kappa shape index (κ3) is 4.61. The van der Waals surface area contributed by atoms with Crippen LogP contribution in [-0.2, 0) is 14.3 Å². The summed E-state index contributed by atoms with van der Waals surface area (Å²) in [6, 6.07) is -2.17. The molecule has 1 rings (SSSR count). The van der Waals surface area contributed by atoms with E-state index in [9.17, 15) is 24.9 Å². The van der Waals surface area contributed by atoms with Crippen molar-refractivity contribution in [1.29, 1.82) is 0 Å². The van der Waals surface area contributed by atoms with Gasteiger partial charge in [-0.3, -0.25) is 9.79 Å². The van der Waals surface area contributed by atoms with E-state index in [-0.39, 0.29) is 5.84 Å². The Morgan fingerprint density at radius 3 is 2.39 bits per heavy atom. The smallest absolute Gasteiger partial charge is 0.364 e. The molecule has 1 heterocycles. The number of nitrogens with two attached hydrogens (primary N) is 1. The Morgan fingerprint density at radius 2 is 2.00 bits per heavy atom. The molecule has 1 amide bonds. The summed E-state index contributed by atoms with van der Waals surface area (Å²) in [5.41, 5.74) is 5.51. The van der Waals surface area contributed by atoms with Gasteiger partial charge in [0.2, 0.25) is 5.91 Å². The van der Waals surface area contributed by atoms with Gasteiger partial charge in [0, 0.05) is 13.3 Å². The van der Waals surface area contributed by atoms with E-state index >= 15 is 0 Å². The predicted octanol–water partition coefficient (Wildman–Crippen LogP) is -2.46. The van der Waals surface area contributed by atoms with E-state index in [1.165, 1.54) is 20.8 Å². The molecule has 0 unspecified atom stereocenters. The molecule has 6 atom stereocenters. The third-order valence-corrected chi connectivity index (χ3v) is 3.48. The van der Waals surface area contributed by atoms with Crippen LogP contribution in [0.15, 0.2) is 4.99 Å². The molecule has 7 N–H and O–H groups in total. The Morgan fingerprint density at radius 1 is 1.43 bits per heavy atom. The van der Waals surface area contributed by atoms with Crippen molar-refractivity contribution >= 4 is 17.7 Å². The number of carbonyl (C=O) groups excluding carboxylic acids is 1. The zero-order chi connectivity index (χ0) is 17.9. The number of hydrogen-bond donors (Lipinski definition) is 6. The minimum atomic E-state index is -2.66. The van der Waals surface area contributed by atoms with E-state index in [0.29, 0.717) is 0 Å². The number of hydrogen-bond acceptors (Lipinski definition) is 7. The highest BCUT2D eigenvalue weighted by atomic mass is 16.7. The molecule has 10 nitrogen and oxygen atoms in total. The van der Waals surface area contributed by atoms with Crippen LogP contribution in [0.1, 0.15) is 27.2 Å². The lowest BCUT2D eigenvalue weighted by Gasteiger charge is -2.44. The molecule has 1 aliphatic rings. The van der Waals surface area contributed by atoms with Crippen LogP contribution in [0, 0.1) is 0 Å². The summed E-state index contributed by atoms with van der Waals surface area (Å²) in [6.07, 6.45) is -4.50. The van der Waals surface area contributed by atoms with Gasteiger partial charge in [-0.2, -0.15) is 0 Å². The molecule has 1 aliphatic heterocycles. The molecular weight excluding hydrogens is 310 g/mol. The number of nitrogens with zero attached hydrogens (tertiary/aromatic N) is 1. The number of aliphatic carboxylic acids is 1. The van der Waals surface area contributed by atoms with Crippen LogP contribution >= 0.6 is 0 Å². The van der Waals surface area contributed by atoms with Gasteiger partial charge in [-0.25, -0.2) is 4.79 Å². The highest BCUT2D eigenvalue weighted by molar-refractivity contribution is 5.78. The highest BCUT2D eigenvalue weighted by Gasteiger charge is 2.53. The maximum absolute atomic E-state index is 11.3. The van der Waals surface area contributed by atoms with Crippen LogP contribution in [0.5, 0.6) is 0 Å². The summed E-state index contributed by atoms with van der Waals surface area (Å²) < 4.78 is 5.20. The number of amidine groups is 1. The number of rotatable bonds is 5. The maximum atomic E-state index is 11.3. The molecule has 0 aromatic rings. The summed E-state index contributed by atoms with van der Waals surface area (Å²) in [5, 5.41) is 41.6. The van der Waals surface area contributed by atoms with Crippen LogP contribution in [0.3, 0.4) is 0 Å². The van der Waals surface area contributed by atoms with E-state index in [0.717, 1.165) is 0 Å². The normalized spacial score (nSPS) is 34.5. The van der Waals surface area contributed by atoms with E-state index in [4.69, 9.17) is 15.6 Å². The summed E-state index contributed by atoms with van der Waals surface area (Å²) in [7, 11) is 0. The zero-order valence-corrected chi connectivity index (χ0v) is 13.1. The lowest BCUT2D eigenvalue weighted by atomic mass is 9.88. The zero-order valence-electron chi connectivity index (χ0n) is 13.1. The van der Waals surface area contributed by atoms with E-state index < -0.39 is 54.5 Å². The van der Waals surface area contributed by atoms with Gasteiger partial charge < -0.3 is 36.2 Å². The van der Waals surface area contributed by atoms with Crippen molar-refractivity contribution in [2.45, 2.75) is 63.4 Å². The number of carbonyl (C=O) groups is 2. The van der Waals surface area contributed by atoms with Gasteiger partial charge >= 0.3 is 5.97 Å². The molecule has 0 aromatic heterocycles. The van der Waals surface area contributed by atoms with Crippen molar-refractivity contribution in [3.8, 4) is 0 Å². The Hall–Kier alpha value is -1.75. The number of aliphatic hydroxyl groups excluding tert-OH is 2. The molecule has 0 aromatic carbocycles. The van der Waals surface area contributed by atoms with Gasteiger partial charge in [0.1, 0.15) is 12.1 Å². The molecule has 1 saturated heterocycles. The number of ether oxygens (including phenoxy) is 1. The van der Waals surface area contributed by atoms with Crippen LogP contribution in [0.4, 0.5) is 0 Å². The molecule has 0 bridgehead atoms. The van der Waals surface area contributed by atoms with Crippen molar-refractivity contribution in [1.82, 2.24) is 5.32 Å². The average molecular weight is 333 g/mol. The van der Waals surface area contributed by atoms with E-state index in [1.54, 1.807) is 0 Å². The predicted molar refractivity (Wildman–Crippen MR) is 78.5 cm³/mol. The largest absolute Gasteiger partial charge is 0.477 e. The van der Waals surface area contributed by atoms with Crippen LogP contribution < -0.4 is 11.1 Å². The summed E-state index contributed by atoms with van der Waals surface area (Å²) >= 11 is 0. The van der Waals surface area contributed by atoms with Gasteiger partial charge in [-0.05, 0) is 13.8 Å². The number of carboxylic acids is 1. The fourth-order valence-electron chi connectivity index (χ4n) is 2.50. The molecule has 0 spiro atoms. The average Bonchev–Trinajstić information content (AvgIpc) is 2.38. The van der Waals surface area contributed by atoms with Gasteiger partial charge in [0.15, 0.2) is 0 Å². The second-order valence-corrected chi connectivity index (χ2v) is 5.67. The monoisotopic (exact) mass is 333 g/mol. The second kappa shape index (κ2) is 7.21. The number of carboxylic acid groups (broad SMARTS) is 1. The highest BCUT2D eigenvalue weighted by Crippen LogP contribution is 2.32. The maximum Gasteiger partial charge on any atom is 0.364 e. The summed E-state index contributed by atoms with van der Waals surface area (Å²) in [4.78, 5) is 26.5. The van der Waals surface area contributed by atoms with Crippen LogP contribution in [0.2, 0.25) is 0 Å². The Bertz CT molecular complexity index is 492. The lowest BCUT2D eigenvalue weighted by molar-refractivity contribution is -0.280. The van der Waals surface area contributed by atoms with Crippen molar-refractivity contribution in [2.24, 2.45) is 10.7 Å². The molecule has 0 radical (unpaired) electrons. The SMILES string of the molecule is CC(=O)N[C@H]([C@@H]1O[C@](O)(C(=O)O)C[C@H](O)[C@@H]1N=C(C)N)[C@H](C)O. The lowest BCUT2D eigenvalue weighted by Crippen LogP contribution is -2.65.